The molecule has 0 fully saturated rings. The van der Waals surface area contributed by atoms with Crippen LogP contribution in [0.15, 0.2) is 42.0 Å². The molecule has 0 atom stereocenters. The van der Waals surface area contributed by atoms with Gasteiger partial charge in [0.25, 0.3) is 5.91 Å². The van der Waals surface area contributed by atoms with Gasteiger partial charge in [-0.15, -0.1) is 0 Å². The number of hydrogen-bond acceptors (Lipinski definition) is 4. The van der Waals surface area contributed by atoms with Crippen LogP contribution in [0.25, 0.3) is 6.08 Å². The zero-order valence-corrected chi connectivity index (χ0v) is 17.0. The SMILES string of the molecule is CCOc1cc(Cl)c(/C=C(\C#N)C(=O)Nc2ccc(CC)cc2)cc1OCC. The molecule has 0 heterocycles. The van der Waals surface area contributed by atoms with E-state index >= 15 is 0 Å². The number of nitrogens with zero attached hydrogens (tertiary/aromatic N) is 1. The second-order valence-corrected chi connectivity index (χ2v) is 6.27. The van der Waals surface area contributed by atoms with Crippen LogP contribution in [-0.4, -0.2) is 19.1 Å². The molecule has 5 nitrogen and oxygen atoms in total. The predicted molar refractivity (Wildman–Crippen MR) is 112 cm³/mol. The van der Waals surface area contributed by atoms with Crippen molar-refractivity contribution >= 4 is 29.3 Å². The predicted octanol–water partition coefficient (Wildman–Crippen LogP) is 5.25. The van der Waals surface area contributed by atoms with Gasteiger partial charge in [0, 0.05) is 11.8 Å². The van der Waals surface area contributed by atoms with E-state index in [1.54, 1.807) is 12.1 Å². The summed E-state index contributed by atoms with van der Waals surface area (Å²) < 4.78 is 11.1. The molecule has 0 unspecified atom stereocenters. The van der Waals surface area contributed by atoms with Gasteiger partial charge < -0.3 is 14.8 Å². The van der Waals surface area contributed by atoms with Crippen molar-refractivity contribution in [2.24, 2.45) is 0 Å². The fourth-order valence-corrected chi connectivity index (χ4v) is 2.73. The fourth-order valence-electron chi connectivity index (χ4n) is 2.52. The zero-order valence-electron chi connectivity index (χ0n) is 16.2. The van der Waals surface area contributed by atoms with E-state index < -0.39 is 5.91 Å². The third-order valence-electron chi connectivity index (χ3n) is 3.95. The van der Waals surface area contributed by atoms with Gasteiger partial charge in [0.2, 0.25) is 0 Å². The number of halogens is 1. The van der Waals surface area contributed by atoms with Crippen LogP contribution in [0.4, 0.5) is 5.69 Å². The van der Waals surface area contributed by atoms with E-state index in [9.17, 15) is 10.1 Å². The number of carbonyl (C=O) groups excluding carboxylic acids is 1. The molecule has 0 saturated heterocycles. The average molecular weight is 399 g/mol. The third-order valence-corrected chi connectivity index (χ3v) is 4.28. The fraction of sp³-hybridized carbons (Fsp3) is 0.273. The number of amides is 1. The van der Waals surface area contributed by atoms with E-state index in [-0.39, 0.29) is 5.57 Å². The number of benzene rings is 2. The first-order valence-corrected chi connectivity index (χ1v) is 9.51. The lowest BCUT2D eigenvalue weighted by molar-refractivity contribution is -0.112. The maximum absolute atomic E-state index is 12.5. The number of rotatable bonds is 8. The smallest absolute Gasteiger partial charge is 0.266 e. The first kappa shape index (κ1) is 21.3. The molecule has 0 aromatic heterocycles. The molecule has 28 heavy (non-hydrogen) atoms. The molecule has 0 aliphatic carbocycles. The van der Waals surface area contributed by atoms with Crippen LogP contribution in [0.2, 0.25) is 5.02 Å². The summed E-state index contributed by atoms with van der Waals surface area (Å²) in [5.74, 6) is 0.521. The van der Waals surface area contributed by atoms with Gasteiger partial charge >= 0.3 is 0 Å². The monoisotopic (exact) mass is 398 g/mol. The number of anilines is 1. The number of hydrogen-bond donors (Lipinski definition) is 1. The Hall–Kier alpha value is -2.97. The maximum Gasteiger partial charge on any atom is 0.266 e. The lowest BCUT2D eigenvalue weighted by Gasteiger charge is -2.13. The van der Waals surface area contributed by atoms with Crippen molar-refractivity contribution in [3.63, 3.8) is 0 Å². The summed E-state index contributed by atoms with van der Waals surface area (Å²) in [5.41, 5.74) is 2.23. The molecule has 146 valence electrons. The summed E-state index contributed by atoms with van der Waals surface area (Å²) >= 11 is 6.32. The Bertz CT molecular complexity index is 899. The summed E-state index contributed by atoms with van der Waals surface area (Å²) in [4.78, 5) is 12.5. The molecule has 0 bridgehead atoms. The van der Waals surface area contributed by atoms with E-state index in [4.69, 9.17) is 21.1 Å². The van der Waals surface area contributed by atoms with Crippen molar-refractivity contribution in [2.45, 2.75) is 27.2 Å². The van der Waals surface area contributed by atoms with Crippen molar-refractivity contribution in [3.8, 4) is 17.6 Å². The van der Waals surface area contributed by atoms with Crippen LogP contribution >= 0.6 is 11.6 Å². The number of carbonyl (C=O) groups is 1. The molecule has 0 aliphatic heterocycles. The van der Waals surface area contributed by atoms with Crippen molar-refractivity contribution in [1.29, 1.82) is 5.26 Å². The maximum atomic E-state index is 12.5. The molecular weight excluding hydrogens is 376 g/mol. The van der Waals surface area contributed by atoms with Crippen LogP contribution in [0.1, 0.15) is 31.9 Å². The van der Waals surface area contributed by atoms with Gasteiger partial charge in [-0.2, -0.15) is 5.26 Å². The highest BCUT2D eigenvalue weighted by molar-refractivity contribution is 6.32. The van der Waals surface area contributed by atoms with Crippen molar-refractivity contribution in [1.82, 2.24) is 0 Å². The number of ether oxygens (including phenoxy) is 2. The summed E-state index contributed by atoms with van der Waals surface area (Å²) in [6.07, 6.45) is 2.35. The van der Waals surface area contributed by atoms with E-state index in [1.807, 2.05) is 44.2 Å². The minimum absolute atomic E-state index is 0.0620. The summed E-state index contributed by atoms with van der Waals surface area (Å²) in [6, 6.07) is 12.7. The van der Waals surface area contributed by atoms with Gasteiger partial charge in [0.05, 0.1) is 18.2 Å². The largest absolute Gasteiger partial charge is 0.490 e. The van der Waals surface area contributed by atoms with Gasteiger partial charge in [0.1, 0.15) is 11.6 Å². The minimum atomic E-state index is -0.505. The summed E-state index contributed by atoms with van der Waals surface area (Å²) in [7, 11) is 0. The normalized spacial score (nSPS) is 10.9. The molecule has 2 aromatic carbocycles. The highest BCUT2D eigenvalue weighted by Crippen LogP contribution is 2.34. The topological polar surface area (TPSA) is 71.3 Å². The highest BCUT2D eigenvalue weighted by atomic mass is 35.5. The van der Waals surface area contributed by atoms with Gasteiger partial charge in [-0.3, -0.25) is 4.79 Å². The quantitative estimate of drug-likeness (QED) is 0.487. The number of nitrogens with one attached hydrogen (secondary N) is 1. The molecule has 2 rings (SSSR count). The van der Waals surface area contributed by atoms with Crippen LogP contribution in [-0.2, 0) is 11.2 Å². The lowest BCUT2D eigenvalue weighted by Crippen LogP contribution is -2.13. The summed E-state index contributed by atoms with van der Waals surface area (Å²) in [6.45, 7) is 6.69. The lowest BCUT2D eigenvalue weighted by atomic mass is 10.1. The van der Waals surface area contributed by atoms with E-state index in [2.05, 4.69) is 12.2 Å². The van der Waals surface area contributed by atoms with Gasteiger partial charge in [-0.25, -0.2) is 0 Å². The molecule has 0 radical (unpaired) electrons. The van der Waals surface area contributed by atoms with E-state index in [0.29, 0.717) is 41.0 Å². The Morgan fingerprint density at radius 3 is 2.25 bits per heavy atom. The minimum Gasteiger partial charge on any atom is -0.490 e. The molecule has 0 saturated carbocycles. The first-order chi connectivity index (χ1) is 13.5. The van der Waals surface area contributed by atoms with E-state index in [1.165, 1.54) is 11.6 Å². The molecule has 0 spiro atoms. The number of nitriles is 1. The second-order valence-electron chi connectivity index (χ2n) is 5.86. The van der Waals surface area contributed by atoms with Gasteiger partial charge in [-0.05, 0) is 55.7 Å². The Morgan fingerprint density at radius 1 is 1.11 bits per heavy atom. The van der Waals surface area contributed by atoms with E-state index in [0.717, 1.165) is 6.42 Å². The molecule has 6 heteroatoms. The van der Waals surface area contributed by atoms with Crippen molar-refractivity contribution in [2.75, 3.05) is 18.5 Å². The Morgan fingerprint density at radius 2 is 1.71 bits per heavy atom. The Labute approximate surface area is 170 Å². The third kappa shape index (κ3) is 5.51. The highest BCUT2D eigenvalue weighted by Gasteiger charge is 2.14. The van der Waals surface area contributed by atoms with Crippen molar-refractivity contribution in [3.05, 3.63) is 58.1 Å². The molecule has 2 aromatic rings. The van der Waals surface area contributed by atoms with Gasteiger partial charge in [0.15, 0.2) is 11.5 Å². The molecule has 1 amide bonds. The summed E-state index contributed by atoms with van der Waals surface area (Å²) in [5, 5.41) is 12.5. The van der Waals surface area contributed by atoms with Gasteiger partial charge in [-0.1, -0.05) is 30.7 Å². The molecular formula is C22H23ClN2O3. The molecule has 0 aliphatic rings. The van der Waals surface area contributed by atoms with Crippen LogP contribution < -0.4 is 14.8 Å². The first-order valence-electron chi connectivity index (χ1n) is 9.13. The van der Waals surface area contributed by atoms with Crippen molar-refractivity contribution < 1.29 is 14.3 Å². The standard InChI is InChI=1S/C22H23ClN2O3/c1-4-15-7-9-18(10-8-15)25-22(26)17(14-24)11-16-12-20(27-5-2)21(28-6-3)13-19(16)23/h7-13H,4-6H2,1-3H3,(H,25,26)/b17-11+. The Kier molecular flexibility index (Phi) is 7.91. The second kappa shape index (κ2) is 10.4. The average Bonchev–Trinajstić information content (AvgIpc) is 2.69. The Balaban J connectivity index is 2.30. The molecule has 1 N–H and O–H groups in total. The van der Waals surface area contributed by atoms with Crippen LogP contribution in [0.5, 0.6) is 11.5 Å². The van der Waals surface area contributed by atoms with Crippen LogP contribution in [0.3, 0.4) is 0 Å². The number of aryl methyl sites for hydroxylation is 1. The zero-order chi connectivity index (χ0) is 20.5. The van der Waals surface area contributed by atoms with Crippen LogP contribution in [0, 0.1) is 11.3 Å².